The topological polar surface area (TPSA) is 33.2 Å². The Balaban J connectivity index is 1.90. The molecule has 1 amide bonds. The molecule has 0 saturated heterocycles. The lowest BCUT2D eigenvalue weighted by atomic mass is 10.2. The van der Waals surface area contributed by atoms with Gasteiger partial charge >= 0.3 is 0 Å². The molecule has 1 aliphatic heterocycles. The van der Waals surface area contributed by atoms with Gasteiger partial charge in [-0.1, -0.05) is 11.6 Å². The van der Waals surface area contributed by atoms with Crippen LogP contribution >= 0.6 is 11.6 Å². The number of halogens is 1. The van der Waals surface area contributed by atoms with Crippen LogP contribution < -0.4 is 0 Å². The molecule has 16 heavy (non-hydrogen) atoms. The van der Waals surface area contributed by atoms with Gasteiger partial charge in [-0.25, -0.2) is 4.98 Å². The number of fused-ring (bicyclic) bond motifs is 1. The van der Waals surface area contributed by atoms with Crippen molar-refractivity contribution in [1.82, 2.24) is 9.88 Å². The lowest BCUT2D eigenvalue weighted by molar-refractivity contribution is 0.0697. The Labute approximate surface area is 99.4 Å². The van der Waals surface area contributed by atoms with Crippen molar-refractivity contribution >= 4 is 17.5 Å². The summed E-state index contributed by atoms with van der Waals surface area (Å²) in [5.41, 5.74) is 1.54. The highest BCUT2D eigenvalue weighted by molar-refractivity contribution is 6.29. The highest BCUT2D eigenvalue weighted by Crippen LogP contribution is 2.38. The van der Waals surface area contributed by atoms with Crippen LogP contribution in [0.15, 0.2) is 12.1 Å². The molecule has 0 N–H and O–H groups in total. The average molecular weight is 237 g/mol. The van der Waals surface area contributed by atoms with Crippen molar-refractivity contribution in [2.75, 3.05) is 0 Å². The maximum atomic E-state index is 12.1. The number of carbonyl (C=O) groups is 1. The van der Waals surface area contributed by atoms with E-state index in [4.69, 9.17) is 11.6 Å². The maximum absolute atomic E-state index is 12.1. The molecule has 4 heteroatoms. The van der Waals surface area contributed by atoms with Crippen molar-refractivity contribution in [2.24, 2.45) is 5.92 Å². The summed E-state index contributed by atoms with van der Waals surface area (Å²) in [6.45, 7) is 2.75. The molecule has 0 aromatic carbocycles. The van der Waals surface area contributed by atoms with Gasteiger partial charge in [-0.3, -0.25) is 4.79 Å². The minimum Gasteiger partial charge on any atom is -0.330 e. The van der Waals surface area contributed by atoms with Gasteiger partial charge < -0.3 is 4.90 Å². The van der Waals surface area contributed by atoms with E-state index in [1.54, 1.807) is 12.1 Å². The number of hydrogen-bond donors (Lipinski definition) is 0. The van der Waals surface area contributed by atoms with Gasteiger partial charge in [-0.15, -0.1) is 0 Å². The van der Waals surface area contributed by atoms with E-state index in [2.05, 4.69) is 11.9 Å². The third-order valence-corrected chi connectivity index (χ3v) is 3.76. The highest BCUT2D eigenvalue weighted by atomic mass is 35.5. The predicted molar refractivity (Wildman–Crippen MR) is 61.3 cm³/mol. The molecule has 1 aromatic heterocycles. The third-order valence-electron chi connectivity index (χ3n) is 3.55. The molecule has 1 fully saturated rings. The molecule has 3 rings (SSSR count). The second-order valence-electron chi connectivity index (χ2n) is 4.64. The predicted octanol–water partition coefficient (Wildman–Crippen LogP) is 2.49. The molecule has 1 aliphatic carbocycles. The van der Waals surface area contributed by atoms with Gasteiger partial charge in [0.2, 0.25) is 0 Å². The largest absolute Gasteiger partial charge is 0.330 e. The van der Waals surface area contributed by atoms with Crippen molar-refractivity contribution in [2.45, 2.75) is 32.4 Å². The summed E-state index contributed by atoms with van der Waals surface area (Å²) >= 11 is 5.83. The first-order valence-corrected chi connectivity index (χ1v) is 6.01. The zero-order chi connectivity index (χ0) is 11.3. The smallest absolute Gasteiger partial charge is 0.256 e. The fourth-order valence-corrected chi connectivity index (χ4v) is 2.50. The van der Waals surface area contributed by atoms with Crippen LogP contribution in [-0.4, -0.2) is 21.8 Å². The normalized spacial score (nSPS) is 21.1. The van der Waals surface area contributed by atoms with E-state index >= 15 is 0 Å². The first-order chi connectivity index (χ1) is 7.66. The number of carbonyl (C=O) groups excluding carboxylic acids is 1. The fourth-order valence-electron chi connectivity index (χ4n) is 2.34. The Morgan fingerprint density at radius 3 is 2.94 bits per heavy atom. The molecule has 1 saturated carbocycles. The van der Waals surface area contributed by atoms with Gasteiger partial charge in [0.1, 0.15) is 5.15 Å². The number of pyridine rings is 1. The Hall–Kier alpha value is -1.09. The zero-order valence-electron chi connectivity index (χ0n) is 9.11. The van der Waals surface area contributed by atoms with Gasteiger partial charge in [0.15, 0.2) is 0 Å². The van der Waals surface area contributed by atoms with Crippen LogP contribution in [0.5, 0.6) is 0 Å². The lowest BCUT2D eigenvalue weighted by Gasteiger charge is -2.23. The van der Waals surface area contributed by atoms with Gasteiger partial charge in [0, 0.05) is 6.04 Å². The van der Waals surface area contributed by atoms with E-state index in [1.165, 1.54) is 12.8 Å². The van der Waals surface area contributed by atoms with Crippen molar-refractivity contribution in [3.8, 4) is 0 Å². The SMILES string of the molecule is CC(C1CC1)N1Cc2nc(Cl)ccc2C1=O. The molecule has 0 radical (unpaired) electrons. The summed E-state index contributed by atoms with van der Waals surface area (Å²) in [6.07, 6.45) is 2.49. The summed E-state index contributed by atoms with van der Waals surface area (Å²) in [5.74, 6) is 0.798. The van der Waals surface area contributed by atoms with E-state index in [0.717, 1.165) is 11.3 Å². The van der Waals surface area contributed by atoms with E-state index < -0.39 is 0 Å². The molecular formula is C12H13ClN2O. The minimum absolute atomic E-state index is 0.110. The van der Waals surface area contributed by atoms with Crippen molar-refractivity contribution in [1.29, 1.82) is 0 Å². The van der Waals surface area contributed by atoms with Crippen LogP contribution in [-0.2, 0) is 6.54 Å². The second-order valence-corrected chi connectivity index (χ2v) is 5.03. The molecule has 1 unspecified atom stereocenters. The van der Waals surface area contributed by atoms with Crippen LogP contribution in [0, 0.1) is 5.92 Å². The van der Waals surface area contributed by atoms with Crippen LogP contribution in [0.4, 0.5) is 0 Å². The summed E-state index contributed by atoms with van der Waals surface area (Å²) in [6, 6.07) is 3.80. The molecule has 2 heterocycles. The summed E-state index contributed by atoms with van der Waals surface area (Å²) in [5, 5.41) is 0.465. The second kappa shape index (κ2) is 3.45. The monoisotopic (exact) mass is 236 g/mol. The molecule has 0 spiro atoms. The van der Waals surface area contributed by atoms with Crippen LogP contribution in [0.2, 0.25) is 5.15 Å². The van der Waals surface area contributed by atoms with Crippen LogP contribution in [0.25, 0.3) is 0 Å². The Morgan fingerprint density at radius 2 is 2.25 bits per heavy atom. The Bertz CT molecular complexity index is 456. The van der Waals surface area contributed by atoms with Crippen molar-refractivity contribution < 1.29 is 4.79 Å². The number of hydrogen-bond acceptors (Lipinski definition) is 2. The Morgan fingerprint density at radius 1 is 1.50 bits per heavy atom. The summed E-state index contributed by atoms with van der Waals surface area (Å²) in [4.78, 5) is 18.3. The summed E-state index contributed by atoms with van der Waals surface area (Å²) in [7, 11) is 0. The van der Waals surface area contributed by atoms with Crippen LogP contribution in [0.1, 0.15) is 35.8 Å². The van der Waals surface area contributed by atoms with Gasteiger partial charge in [0.05, 0.1) is 17.8 Å². The number of aromatic nitrogens is 1. The van der Waals surface area contributed by atoms with Crippen molar-refractivity contribution in [3.05, 3.63) is 28.5 Å². The van der Waals surface area contributed by atoms with Crippen LogP contribution in [0.3, 0.4) is 0 Å². The first-order valence-electron chi connectivity index (χ1n) is 5.63. The van der Waals surface area contributed by atoms with E-state index in [1.807, 2.05) is 4.90 Å². The lowest BCUT2D eigenvalue weighted by Crippen LogP contribution is -2.34. The van der Waals surface area contributed by atoms with Crippen molar-refractivity contribution in [3.63, 3.8) is 0 Å². The fraction of sp³-hybridized carbons (Fsp3) is 0.500. The van der Waals surface area contributed by atoms with Gasteiger partial charge in [0.25, 0.3) is 5.91 Å². The average Bonchev–Trinajstić information content (AvgIpc) is 3.04. The number of nitrogens with zero attached hydrogens (tertiary/aromatic N) is 2. The molecule has 1 atom stereocenters. The van der Waals surface area contributed by atoms with Gasteiger partial charge in [-0.05, 0) is 37.8 Å². The quantitative estimate of drug-likeness (QED) is 0.740. The minimum atomic E-state index is 0.110. The maximum Gasteiger partial charge on any atom is 0.256 e. The van der Waals surface area contributed by atoms with E-state index in [9.17, 15) is 4.79 Å². The zero-order valence-corrected chi connectivity index (χ0v) is 9.87. The van der Waals surface area contributed by atoms with E-state index in [0.29, 0.717) is 23.7 Å². The summed E-state index contributed by atoms with van der Waals surface area (Å²) < 4.78 is 0. The molecular weight excluding hydrogens is 224 g/mol. The highest BCUT2D eigenvalue weighted by Gasteiger charge is 2.38. The first kappa shape index (κ1) is 10.1. The number of rotatable bonds is 2. The molecule has 0 bridgehead atoms. The van der Waals surface area contributed by atoms with E-state index in [-0.39, 0.29) is 5.91 Å². The molecule has 1 aromatic rings. The Kier molecular flexibility index (Phi) is 2.18. The standard InChI is InChI=1S/C12H13ClN2O/c1-7(8-2-3-8)15-6-10-9(12(15)16)4-5-11(13)14-10/h4-5,7-8H,2-3,6H2,1H3. The molecule has 3 nitrogen and oxygen atoms in total. The number of amides is 1. The van der Waals surface area contributed by atoms with Gasteiger partial charge in [-0.2, -0.15) is 0 Å². The third kappa shape index (κ3) is 1.50. The molecule has 2 aliphatic rings. The molecule has 84 valence electrons.